The molecule has 3 aromatic rings. The van der Waals surface area contributed by atoms with Crippen molar-refractivity contribution in [2.75, 3.05) is 7.11 Å². The summed E-state index contributed by atoms with van der Waals surface area (Å²) in [7, 11) is 1.57. The molecule has 1 heterocycles. The second-order valence-corrected chi connectivity index (χ2v) is 6.90. The maximum absolute atomic E-state index is 12.2. The highest BCUT2D eigenvalue weighted by atomic mass is 79.9. The Bertz CT molecular complexity index is 962. The number of methoxy groups -OCH3 is 1. The van der Waals surface area contributed by atoms with Crippen molar-refractivity contribution in [3.8, 4) is 11.5 Å². The van der Waals surface area contributed by atoms with Crippen molar-refractivity contribution in [1.29, 1.82) is 0 Å². The first kappa shape index (κ1) is 19.0. The van der Waals surface area contributed by atoms with Crippen molar-refractivity contribution in [2.45, 2.75) is 20.0 Å². The van der Waals surface area contributed by atoms with Crippen LogP contribution in [-0.2, 0) is 0 Å². The standard InChI is InChI=1S/C20H19BrN2O4/c1-12(2)26-19-15(21)8-13(9-17(19)25-3)11-22-23-20(24)18-10-14-6-4-5-7-16(14)27-18/h4-12H,1-3H3,(H,23,24)/b22-11+. The average Bonchev–Trinajstić information content (AvgIpc) is 3.07. The van der Waals surface area contributed by atoms with Gasteiger partial charge in [0.2, 0.25) is 0 Å². The van der Waals surface area contributed by atoms with E-state index in [-0.39, 0.29) is 11.9 Å². The van der Waals surface area contributed by atoms with Crippen LogP contribution in [0.5, 0.6) is 11.5 Å². The molecule has 0 aliphatic carbocycles. The van der Waals surface area contributed by atoms with E-state index in [0.29, 0.717) is 17.1 Å². The van der Waals surface area contributed by atoms with Gasteiger partial charge < -0.3 is 13.9 Å². The number of hydrogen-bond acceptors (Lipinski definition) is 5. The first-order chi connectivity index (χ1) is 13.0. The summed E-state index contributed by atoms with van der Waals surface area (Å²) < 4.78 is 17.4. The number of rotatable bonds is 6. The lowest BCUT2D eigenvalue weighted by atomic mass is 10.2. The van der Waals surface area contributed by atoms with Crippen LogP contribution in [0.15, 0.2) is 56.5 Å². The second kappa shape index (κ2) is 8.26. The van der Waals surface area contributed by atoms with E-state index in [4.69, 9.17) is 13.9 Å². The topological polar surface area (TPSA) is 73.1 Å². The fourth-order valence-electron chi connectivity index (χ4n) is 2.48. The molecule has 0 fully saturated rings. The lowest BCUT2D eigenvalue weighted by Crippen LogP contribution is -2.16. The zero-order valence-electron chi connectivity index (χ0n) is 15.2. The van der Waals surface area contributed by atoms with Gasteiger partial charge in [-0.15, -0.1) is 0 Å². The van der Waals surface area contributed by atoms with Crippen molar-refractivity contribution in [2.24, 2.45) is 5.10 Å². The maximum Gasteiger partial charge on any atom is 0.307 e. The molecule has 0 unspecified atom stereocenters. The lowest BCUT2D eigenvalue weighted by Gasteiger charge is -2.15. The van der Waals surface area contributed by atoms with E-state index in [9.17, 15) is 4.79 Å². The zero-order valence-corrected chi connectivity index (χ0v) is 16.7. The number of ether oxygens (including phenoxy) is 2. The van der Waals surface area contributed by atoms with Gasteiger partial charge in [-0.2, -0.15) is 5.10 Å². The van der Waals surface area contributed by atoms with Gasteiger partial charge in [0, 0.05) is 5.39 Å². The number of amides is 1. The first-order valence-corrected chi connectivity index (χ1v) is 9.13. The summed E-state index contributed by atoms with van der Waals surface area (Å²) in [4.78, 5) is 12.2. The average molecular weight is 431 g/mol. The van der Waals surface area contributed by atoms with Gasteiger partial charge in [0.05, 0.1) is 23.9 Å². The molecule has 1 aromatic heterocycles. The number of fused-ring (bicyclic) bond motifs is 1. The van der Waals surface area contributed by atoms with E-state index in [1.165, 1.54) is 6.21 Å². The quantitative estimate of drug-likeness (QED) is 0.452. The highest BCUT2D eigenvalue weighted by Gasteiger charge is 2.13. The number of hydrogen-bond donors (Lipinski definition) is 1. The van der Waals surface area contributed by atoms with Crippen LogP contribution in [0.1, 0.15) is 30.0 Å². The van der Waals surface area contributed by atoms with Gasteiger partial charge in [-0.3, -0.25) is 4.79 Å². The van der Waals surface area contributed by atoms with Crippen molar-refractivity contribution in [1.82, 2.24) is 5.43 Å². The molecule has 1 amide bonds. The largest absolute Gasteiger partial charge is 0.493 e. The normalized spacial score (nSPS) is 11.3. The molecule has 0 atom stereocenters. The van der Waals surface area contributed by atoms with Crippen molar-refractivity contribution in [3.05, 3.63) is 58.3 Å². The molecule has 0 spiro atoms. The number of hydrazone groups is 1. The number of nitrogens with one attached hydrogen (secondary N) is 1. The predicted octanol–water partition coefficient (Wildman–Crippen LogP) is 4.76. The second-order valence-electron chi connectivity index (χ2n) is 6.05. The Hall–Kier alpha value is -2.80. The Labute approximate surface area is 165 Å². The summed E-state index contributed by atoms with van der Waals surface area (Å²) in [6.07, 6.45) is 1.53. The number of carbonyl (C=O) groups is 1. The van der Waals surface area contributed by atoms with Gasteiger partial charge in [-0.1, -0.05) is 18.2 Å². The third-order valence-electron chi connectivity index (χ3n) is 3.63. The van der Waals surface area contributed by atoms with Crippen LogP contribution in [0.2, 0.25) is 0 Å². The third-order valence-corrected chi connectivity index (χ3v) is 4.22. The fraction of sp³-hybridized carbons (Fsp3) is 0.200. The molecule has 140 valence electrons. The molecule has 0 saturated carbocycles. The minimum absolute atomic E-state index is 0.0119. The molecule has 3 rings (SSSR count). The van der Waals surface area contributed by atoms with Crippen LogP contribution in [0.4, 0.5) is 0 Å². The zero-order chi connectivity index (χ0) is 19.4. The van der Waals surface area contributed by atoms with E-state index in [1.807, 2.05) is 38.1 Å². The summed E-state index contributed by atoms with van der Waals surface area (Å²) in [5.41, 5.74) is 3.85. The molecule has 0 aliphatic heterocycles. The van der Waals surface area contributed by atoms with Crippen molar-refractivity contribution < 1.29 is 18.7 Å². The Kier molecular flexibility index (Phi) is 5.81. The summed E-state index contributed by atoms with van der Waals surface area (Å²) >= 11 is 3.48. The van der Waals surface area contributed by atoms with Gasteiger partial charge in [-0.05, 0) is 59.6 Å². The predicted molar refractivity (Wildman–Crippen MR) is 108 cm³/mol. The summed E-state index contributed by atoms with van der Waals surface area (Å²) in [6, 6.07) is 12.7. The number of nitrogens with zero attached hydrogens (tertiary/aromatic N) is 1. The molecular weight excluding hydrogens is 412 g/mol. The molecule has 0 bridgehead atoms. The Balaban J connectivity index is 1.73. The van der Waals surface area contributed by atoms with Crippen LogP contribution < -0.4 is 14.9 Å². The molecule has 0 aliphatic rings. The minimum Gasteiger partial charge on any atom is -0.493 e. The molecule has 0 saturated heterocycles. The lowest BCUT2D eigenvalue weighted by molar-refractivity contribution is 0.0929. The van der Waals surface area contributed by atoms with E-state index >= 15 is 0 Å². The van der Waals surface area contributed by atoms with E-state index in [0.717, 1.165) is 15.4 Å². The van der Waals surface area contributed by atoms with Gasteiger partial charge in [0.15, 0.2) is 17.3 Å². The number of benzene rings is 2. The number of carbonyl (C=O) groups excluding carboxylic acids is 1. The molecular formula is C20H19BrN2O4. The Morgan fingerprint density at radius 1 is 1.26 bits per heavy atom. The first-order valence-electron chi connectivity index (χ1n) is 8.34. The van der Waals surface area contributed by atoms with Crippen molar-refractivity contribution in [3.63, 3.8) is 0 Å². The molecule has 1 N–H and O–H groups in total. The SMILES string of the molecule is COc1cc(/C=N/NC(=O)c2cc3ccccc3o2)cc(Br)c1OC(C)C. The smallest absolute Gasteiger partial charge is 0.307 e. The highest BCUT2D eigenvalue weighted by Crippen LogP contribution is 2.37. The van der Waals surface area contributed by atoms with Gasteiger partial charge >= 0.3 is 5.91 Å². The molecule has 0 radical (unpaired) electrons. The molecule has 2 aromatic carbocycles. The number of furan rings is 1. The maximum atomic E-state index is 12.2. The van der Waals surface area contributed by atoms with Gasteiger partial charge in [-0.25, -0.2) is 5.43 Å². The van der Waals surface area contributed by atoms with Gasteiger partial charge in [0.1, 0.15) is 5.58 Å². The van der Waals surface area contributed by atoms with Crippen LogP contribution >= 0.6 is 15.9 Å². The highest BCUT2D eigenvalue weighted by molar-refractivity contribution is 9.10. The monoisotopic (exact) mass is 430 g/mol. The van der Waals surface area contributed by atoms with Crippen LogP contribution in [0.3, 0.4) is 0 Å². The van der Waals surface area contributed by atoms with E-state index in [1.54, 1.807) is 25.3 Å². The number of para-hydroxylation sites is 1. The fourth-order valence-corrected chi connectivity index (χ4v) is 3.03. The van der Waals surface area contributed by atoms with E-state index in [2.05, 4.69) is 26.5 Å². The van der Waals surface area contributed by atoms with Gasteiger partial charge in [0.25, 0.3) is 0 Å². The van der Waals surface area contributed by atoms with Crippen molar-refractivity contribution >= 4 is 39.0 Å². The number of halogens is 1. The Morgan fingerprint density at radius 3 is 2.74 bits per heavy atom. The third kappa shape index (κ3) is 4.49. The van der Waals surface area contributed by atoms with Crippen LogP contribution in [0, 0.1) is 0 Å². The summed E-state index contributed by atoms with van der Waals surface area (Å²) in [5, 5.41) is 4.86. The Morgan fingerprint density at radius 2 is 2.04 bits per heavy atom. The minimum atomic E-state index is -0.423. The van der Waals surface area contributed by atoms with Crippen LogP contribution in [-0.4, -0.2) is 25.3 Å². The summed E-state index contributed by atoms with van der Waals surface area (Å²) in [5.74, 6) is 0.972. The van der Waals surface area contributed by atoms with E-state index < -0.39 is 5.91 Å². The molecule has 6 nitrogen and oxygen atoms in total. The summed E-state index contributed by atoms with van der Waals surface area (Å²) in [6.45, 7) is 3.88. The van der Waals surface area contributed by atoms with Crippen LogP contribution in [0.25, 0.3) is 11.0 Å². The molecule has 27 heavy (non-hydrogen) atoms. The molecule has 7 heteroatoms.